The summed E-state index contributed by atoms with van der Waals surface area (Å²) in [6.07, 6.45) is 4.35. The molecular formula is C25H32N6O4. The lowest BCUT2D eigenvalue weighted by Crippen LogP contribution is -2.42. The lowest BCUT2D eigenvalue weighted by Gasteiger charge is -2.31. The smallest absolute Gasteiger partial charge is 0.330 e. The van der Waals surface area contributed by atoms with Crippen molar-refractivity contribution in [3.05, 3.63) is 62.6 Å². The molecule has 1 aromatic carbocycles. The molecule has 2 aromatic heterocycles. The van der Waals surface area contributed by atoms with Gasteiger partial charge in [-0.2, -0.15) is 0 Å². The van der Waals surface area contributed by atoms with Gasteiger partial charge in [0.2, 0.25) is 11.8 Å². The van der Waals surface area contributed by atoms with Crippen LogP contribution in [0, 0.1) is 5.92 Å². The molecule has 0 atom stereocenters. The summed E-state index contributed by atoms with van der Waals surface area (Å²) in [5.74, 6) is 0.123. The molecule has 3 aromatic rings. The Kier molecular flexibility index (Phi) is 7.48. The van der Waals surface area contributed by atoms with E-state index in [9.17, 15) is 19.2 Å². The molecule has 2 N–H and O–H groups in total. The van der Waals surface area contributed by atoms with Gasteiger partial charge in [0.25, 0.3) is 5.56 Å². The maximum absolute atomic E-state index is 12.6. The molecule has 0 bridgehead atoms. The van der Waals surface area contributed by atoms with Gasteiger partial charge in [-0.05, 0) is 37.3 Å². The van der Waals surface area contributed by atoms with E-state index in [2.05, 4.69) is 15.3 Å². The van der Waals surface area contributed by atoms with Crippen molar-refractivity contribution in [2.24, 2.45) is 5.92 Å². The number of fused-ring (bicyclic) bond motifs is 1. The van der Waals surface area contributed by atoms with Crippen molar-refractivity contribution < 1.29 is 9.59 Å². The maximum atomic E-state index is 12.6. The summed E-state index contributed by atoms with van der Waals surface area (Å²) >= 11 is 0. The Morgan fingerprint density at radius 1 is 1.09 bits per heavy atom. The van der Waals surface area contributed by atoms with E-state index in [-0.39, 0.29) is 24.3 Å². The van der Waals surface area contributed by atoms with Crippen LogP contribution in [0.2, 0.25) is 0 Å². The number of carbonyl (C=O) groups is 2. The van der Waals surface area contributed by atoms with Crippen molar-refractivity contribution in [2.45, 2.75) is 59.2 Å². The van der Waals surface area contributed by atoms with Gasteiger partial charge < -0.3 is 14.8 Å². The third-order valence-corrected chi connectivity index (χ3v) is 6.61. The van der Waals surface area contributed by atoms with Crippen LogP contribution in [0.1, 0.15) is 50.7 Å². The van der Waals surface area contributed by atoms with E-state index >= 15 is 0 Å². The van der Waals surface area contributed by atoms with Crippen LogP contribution in [0.25, 0.3) is 11.2 Å². The van der Waals surface area contributed by atoms with E-state index in [1.54, 1.807) is 10.9 Å². The second-order valence-electron chi connectivity index (χ2n) is 8.99. The summed E-state index contributed by atoms with van der Waals surface area (Å²) in [4.78, 5) is 57.8. The first-order chi connectivity index (χ1) is 16.9. The van der Waals surface area contributed by atoms with Crippen LogP contribution in [0.5, 0.6) is 0 Å². The minimum atomic E-state index is -0.498. The molecule has 3 heterocycles. The number of rotatable bonds is 8. The Morgan fingerprint density at radius 3 is 2.43 bits per heavy atom. The fourth-order valence-electron chi connectivity index (χ4n) is 4.55. The lowest BCUT2D eigenvalue weighted by atomic mass is 9.95. The van der Waals surface area contributed by atoms with Gasteiger partial charge in [0.15, 0.2) is 11.2 Å². The van der Waals surface area contributed by atoms with E-state index in [1.807, 2.05) is 43.0 Å². The molecule has 186 valence electrons. The number of imidazole rings is 1. The van der Waals surface area contributed by atoms with Crippen LogP contribution in [0.4, 0.5) is 0 Å². The Balaban J connectivity index is 1.35. The highest BCUT2D eigenvalue weighted by Crippen LogP contribution is 2.19. The zero-order valence-electron chi connectivity index (χ0n) is 20.2. The molecule has 10 nitrogen and oxygen atoms in total. The number of carbonyl (C=O) groups excluding carboxylic acids is 2. The molecule has 0 unspecified atom stereocenters. The van der Waals surface area contributed by atoms with Crippen LogP contribution >= 0.6 is 0 Å². The Labute approximate surface area is 203 Å². The Bertz CT molecular complexity index is 1310. The number of nitrogens with zero attached hydrogens (tertiary/aromatic N) is 4. The van der Waals surface area contributed by atoms with Crippen molar-refractivity contribution >= 4 is 23.0 Å². The highest BCUT2D eigenvalue weighted by molar-refractivity contribution is 5.80. The van der Waals surface area contributed by atoms with Crippen molar-refractivity contribution in [3.8, 4) is 0 Å². The van der Waals surface area contributed by atoms with Crippen molar-refractivity contribution in [1.29, 1.82) is 0 Å². The average Bonchev–Trinajstić information content (AvgIpc) is 3.31. The molecule has 0 saturated carbocycles. The van der Waals surface area contributed by atoms with Crippen LogP contribution in [0.3, 0.4) is 0 Å². The minimum Gasteiger partial charge on any atom is -0.352 e. The first kappa shape index (κ1) is 24.4. The van der Waals surface area contributed by atoms with Gasteiger partial charge in [-0.25, -0.2) is 9.78 Å². The molecule has 1 saturated heterocycles. The molecule has 10 heteroatoms. The zero-order valence-corrected chi connectivity index (χ0v) is 20.2. The highest BCUT2D eigenvalue weighted by Gasteiger charge is 2.26. The molecule has 1 aliphatic rings. The molecule has 0 radical (unpaired) electrons. The molecule has 2 amide bonds. The third kappa shape index (κ3) is 5.36. The fraction of sp³-hybridized carbons (Fsp3) is 0.480. The molecule has 35 heavy (non-hydrogen) atoms. The van der Waals surface area contributed by atoms with Crippen LogP contribution in [-0.4, -0.2) is 48.9 Å². The van der Waals surface area contributed by atoms with Gasteiger partial charge in [-0.1, -0.05) is 31.2 Å². The number of benzene rings is 1. The molecule has 4 rings (SSSR count). The van der Waals surface area contributed by atoms with Crippen LogP contribution in [0.15, 0.2) is 40.2 Å². The second kappa shape index (κ2) is 10.7. The van der Waals surface area contributed by atoms with Gasteiger partial charge >= 0.3 is 5.69 Å². The predicted molar refractivity (Wildman–Crippen MR) is 132 cm³/mol. The molecule has 1 fully saturated rings. The van der Waals surface area contributed by atoms with Crippen LogP contribution < -0.4 is 16.6 Å². The molecule has 1 aliphatic heterocycles. The number of H-pyrrole nitrogens is 1. The Morgan fingerprint density at radius 2 is 1.77 bits per heavy atom. The number of likely N-dealkylation sites (tertiary alicyclic amines) is 1. The number of aryl methyl sites for hydroxylation is 1. The van der Waals surface area contributed by atoms with Gasteiger partial charge in [-0.3, -0.25) is 23.9 Å². The second-order valence-corrected chi connectivity index (χ2v) is 8.99. The molecular weight excluding hydrogens is 448 g/mol. The topological polar surface area (TPSA) is 122 Å². The van der Waals surface area contributed by atoms with Gasteiger partial charge in [-0.15, -0.1) is 0 Å². The number of nitrogens with one attached hydrogen (secondary N) is 2. The van der Waals surface area contributed by atoms with Crippen LogP contribution in [-0.2, 0) is 29.2 Å². The number of amides is 2. The van der Waals surface area contributed by atoms with E-state index in [4.69, 9.17) is 0 Å². The summed E-state index contributed by atoms with van der Waals surface area (Å²) in [6, 6.07) is 7.64. The predicted octanol–water partition coefficient (Wildman–Crippen LogP) is 1.61. The van der Waals surface area contributed by atoms with Crippen molar-refractivity contribution in [2.75, 3.05) is 13.1 Å². The van der Waals surface area contributed by atoms with E-state index < -0.39 is 11.2 Å². The number of piperidine rings is 1. The van der Waals surface area contributed by atoms with E-state index in [0.717, 1.165) is 17.5 Å². The highest BCUT2D eigenvalue weighted by atomic mass is 16.2. The van der Waals surface area contributed by atoms with Gasteiger partial charge in [0.05, 0.1) is 12.9 Å². The largest absolute Gasteiger partial charge is 0.352 e. The van der Waals surface area contributed by atoms with Crippen molar-refractivity contribution in [1.82, 2.24) is 29.3 Å². The SMILES string of the molecule is CCCC(=O)N1CCC(C(=O)NCc2ccc(Cn3c(=O)[nH]c(=O)c4c3ncn4CC)cc2)CC1. The minimum absolute atomic E-state index is 0.0189. The summed E-state index contributed by atoms with van der Waals surface area (Å²) in [5, 5.41) is 3.01. The van der Waals surface area contributed by atoms with E-state index in [0.29, 0.717) is 56.6 Å². The summed E-state index contributed by atoms with van der Waals surface area (Å²) in [7, 11) is 0. The normalized spacial score (nSPS) is 14.4. The summed E-state index contributed by atoms with van der Waals surface area (Å²) in [6.45, 7) is 6.44. The lowest BCUT2D eigenvalue weighted by molar-refractivity contribution is -0.135. The fourth-order valence-corrected chi connectivity index (χ4v) is 4.55. The number of aromatic nitrogens is 4. The molecule has 0 aliphatic carbocycles. The maximum Gasteiger partial charge on any atom is 0.330 e. The van der Waals surface area contributed by atoms with Crippen molar-refractivity contribution in [3.63, 3.8) is 0 Å². The monoisotopic (exact) mass is 480 g/mol. The quantitative estimate of drug-likeness (QED) is 0.507. The number of hydrogen-bond acceptors (Lipinski definition) is 5. The van der Waals surface area contributed by atoms with Gasteiger partial charge in [0.1, 0.15) is 0 Å². The first-order valence-electron chi connectivity index (χ1n) is 12.2. The summed E-state index contributed by atoms with van der Waals surface area (Å²) < 4.78 is 3.17. The summed E-state index contributed by atoms with van der Waals surface area (Å²) in [5.41, 5.74) is 1.64. The Hall–Kier alpha value is -3.69. The standard InChI is InChI=1S/C25H32N6O4/c1-3-5-20(32)30-12-10-19(11-13-30)23(33)26-14-17-6-8-18(9-7-17)15-31-22-21(24(34)28-25(31)35)29(4-2)16-27-22/h6-9,16,19H,3-5,10-15H2,1-2H3,(H,26,33)(H,28,34,35). The average molecular weight is 481 g/mol. The molecule has 0 spiro atoms. The van der Waals surface area contributed by atoms with E-state index in [1.165, 1.54) is 4.57 Å². The number of aromatic amines is 1. The first-order valence-corrected chi connectivity index (χ1v) is 12.2. The zero-order chi connectivity index (χ0) is 24.9. The third-order valence-electron chi connectivity index (χ3n) is 6.61. The van der Waals surface area contributed by atoms with Gasteiger partial charge in [0, 0.05) is 38.5 Å². The number of hydrogen-bond donors (Lipinski definition) is 2.